The van der Waals surface area contributed by atoms with Crippen molar-refractivity contribution in [3.63, 3.8) is 0 Å². The van der Waals surface area contributed by atoms with E-state index in [0.29, 0.717) is 40.7 Å². The standard InChI is InChI=1S/C28H27FN2O3S/c1-35(33,34)23-11-13-26-27(17-23)31-28(30-26)24-12-10-22(16-25(24)29)21-8-6-20(7-9-21)19-4-2-18(3-5-19)14-15-32/h6-13,15-19H,2-5,14H2,1H3,(H,30,31). The summed E-state index contributed by atoms with van der Waals surface area (Å²) in [4.78, 5) is 18.4. The lowest BCUT2D eigenvalue weighted by Crippen LogP contribution is -2.13. The van der Waals surface area contributed by atoms with Crippen LogP contribution >= 0.6 is 0 Å². The predicted octanol–water partition coefficient (Wildman–Crippen LogP) is 6.30. The van der Waals surface area contributed by atoms with Crippen molar-refractivity contribution in [2.75, 3.05) is 6.26 Å². The molecule has 0 bridgehead atoms. The zero-order valence-electron chi connectivity index (χ0n) is 19.5. The summed E-state index contributed by atoms with van der Waals surface area (Å²) in [6.45, 7) is 0. The van der Waals surface area contributed by atoms with E-state index < -0.39 is 15.7 Å². The van der Waals surface area contributed by atoms with Crippen LogP contribution in [0.2, 0.25) is 0 Å². The number of sulfone groups is 1. The Kier molecular flexibility index (Phi) is 6.28. The molecule has 180 valence electrons. The van der Waals surface area contributed by atoms with E-state index in [0.717, 1.165) is 49.4 Å². The normalized spacial score (nSPS) is 18.6. The van der Waals surface area contributed by atoms with Crippen LogP contribution in [0.3, 0.4) is 0 Å². The van der Waals surface area contributed by atoms with Crippen molar-refractivity contribution in [3.05, 3.63) is 72.0 Å². The molecule has 0 radical (unpaired) electrons. The summed E-state index contributed by atoms with van der Waals surface area (Å²) in [6, 6.07) is 18.0. The molecule has 1 aliphatic carbocycles. The van der Waals surface area contributed by atoms with Crippen LogP contribution in [-0.2, 0) is 14.6 Å². The Hall–Kier alpha value is -3.32. The van der Waals surface area contributed by atoms with Gasteiger partial charge in [-0.3, -0.25) is 0 Å². The lowest BCUT2D eigenvalue weighted by atomic mass is 9.77. The number of aldehydes is 1. The molecule has 5 nitrogen and oxygen atoms in total. The highest BCUT2D eigenvalue weighted by Crippen LogP contribution is 2.37. The number of aromatic nitrogens is 2. The monoisotopic (exact) mass is 490 g/mol. The van der Waals surface area contributed by atoms with Crippen molar-refractivity contribution in [1.29, 1.82) is 0 Å². The fourth-order valence-electron chi connectivity index (χ4n) is 5.05. The minimum absolute atomic E-state index is 0.188. The minimum atomic E-state index is -3.34. The van der Waals surface area contributed by atoms with Crippen molar-refractivity contribution in [1.82, 2.24) is 9.97 Å². The largest absolute Gasteiger partial charge is 0.338 e. The van der Waals surface area contributed by atoms with Crippen LogP contribution in [0.15, 0.2) is 65.6 Å². The molecule has 0 aliphatic heterocycles. The Morgan fingerprint density at radius 3 is 2.34 bits per heavy atom. The number of halogens is 1. The van der Waals surface area contributed by atoms with Gasteiger partial charge in [0.15, 0.2) is 9.84 Å². The second-order valence-electron chi connectivity index (χ2n) is 9.47. The third-order valence-corrected chi connectivity index (χ3v) is 8.21. The van der Waals surface area contributed by atoms with E-state index in [2.05, 4.69) is 22.1 Å². The van der Waals surface area contributed by atoms with Crippen LogP contribution in [0.1, 0.15) is 43.6 Å². The second kappa shape index (κ2) is 9.38. The molecule has 1 N–H and O–H groups in total. The topological polar surface area (TPSA) is 79.9 Å². The Morgan fingerprint density at radius 2 is 1.69 bits per heavy atom. The highest BCUT2D eigenvalue weighted by Gasteiger charge is 2.22. The highest BCUT2D eigenvalue weighted by molar-refractivity contribution is 7.90. The Labute approximate surface area is 204 Å². The molecule has 4 aromatic rings. The van der Waals surface area contributed by atoms with Crippen LogP contribution < -0.4 is 0 Å². The van der Waals surface area contributed by atoms with E-state index in [-0.39, 0.29) is 4.90 Å². The summed E-state index contributed by atoms with van der Waals surface area (Å²) in [5.41, 5.74) is 4.47. The first-order valence-corrected chi connectivity index (χ1v) is 13.7. The number of imidazole rings is 1. The summed E-state index contributed by atoms with van der Waals surface area (Å²) in [6.07, 6.45) is 7.24. The van der Waals surface area contributed by atoms with E-state index in [1.54, 1.807) is 12.1 Å². The number of nitrogens with one attached hydrogen (secondary N) is 1. The maximum atomic E-state index is 15.1. The first-order valence-electron chi connectivity index (χ1n) is 11.9. The van der Waals surface area contributed by atoms with Crippen molar-refractivity contribution in [3.8, 4) is 22.5 Å². The minimum Gasteiger partial charge on any atom is -0.338 e. The molecule has 3 aromatic carbocycles. The zero-order valence-corrected chi connectivity index (χ0v) is 20.3. The molecular weight excluding hydrogens is 463 g/mol. The number of hydrogen-bond acceptors (Lipinski definition) is 4. The van der Waals surface area contributed by atoms with Crippen LogP contribution in [0, 0.1) is 11.7 Å². The molecule has 35 heavy (non-hydrogen) atoms. The van der Waals surface area contributed by atoms with Crippen LogP contribution in [-0.4, -0.2) is 30.9 Å². The second-order valence-corrected chi connectivity index (χ2v) is 11.5. The number of carbonyl (C=O) groups is 1. The van der Waals surface area contributed by atoms with Crippen molar-refractivity contribution in [2.24, 2.45) is 5.92 Å². The molecule has 0 amide bonds. The van der Waals surface area contributed by atoms with Crippen molar-refractivity contribution < 1.29 is 17.6 Å². The average molecular weight is 491 g/mol. The third kappa shape index (κ3) is 4.91. The zero-order chi connectivity index (χ0) is 24.6. The summed E-state index contributed by atoms with van der Waals surface area (Å²) in [5, 5.41) is 0. The fourth-order valence-corrected chi connectivity index (χ4v) is 5.70. The molecule has 0 saturated heterocycles. The molecule has 1 heterocycles. The Morgan fingerprint density at radius 1 is 0.971 bits per heavy atom. The maximum Gasteiger partial charge on any atom is 0.175 e. The van der Waals surface area contributed by atoms with Crippen LogP contribution in [0.4, 0.5) is 4.39 Å². The highest BCUT2D eigenvalue weighted by atomic mass is 32.2. The number of H-pyrrole nitrogens is 1. The molecule has 1 saturated carbocycles. The molecule has 0 atom stereocenters. The van der Waals surface area contributed by atoms with Gasteiger partial charge in [0.25, 0.3) is 0 Å². The third-order valence-electron chi connectivity index (χ3n) is 7.10. The first kappa shape index (κ1) is 23.4. The maximum absolute atomic E-state index is 15.1. The van der Waals surface area contributed by atoms with Gasteiger partial charge in [0.05, 0.1) is 21.5 Å². The predicted molar refractivity (Wildman–Crippen MR) is 135 cm³/mol. The van der Waals surface area contributed by atoms with E-state index >= 15 is 4.39 Å². The van der Waals surface area contributed by atoms with Gasteiger partial charge < -0.3 is 9.78 Å². The van der Waals surface area contributed by atoms with Gasteiger partial charge in [-0.05, 0) is 84.5 Å². The van der Waals surface area contributed by atoms with Gasteiger partial charge in [-0.2, -0.15) is 0 Å². The number of aromatic amines is 1. The van der Waals surface area contributed by atoms with Gasteiger partial charge >= 0.3 is 0 Å². The fraction of sp³-hybridized carbons (Fsp3) is 0.286. The van der Waals surface area contributed by atoms with Crippen molar-refractivity contribution in [2.45, 2.75) is 42.9 Å². The van der Waals surface area contributed by atoms with Gasteiger partial charge in [0.1, 0.15) is 17.9 Å². The van der Waals surface area contributed by atoms with Gasteiger partial charge in [0, 0.05) is 12.7 Å². The van der Waals surface area contributed by atoms with Gasteiger partial charge in [-0.25, -0.2) is 17.8 Å². The Balaban J connectivity index is 1.35. The van der Waals surface area contributed by atoms with E-state index in [4.69, 9.17) is 0 Å². The molecule has 1 aliphatic rings. The smallest absolute Gasteiger partial charge is 0.175 e. The molecule has 1 fully saturated rings. The molecule has 0 spiro atoms. The average Bonchev–Trinajstić information content (AvgIpc) is 3.27. The van der Waals surface area contributed by atoms with Crippen LogP contribution in [0.5, 0.6) is 0 Å². The summed E-state index contributed by atoms with van der Waals surface area (Å²) < 4.78 is 38.8. The van der Waals surface area contributed by atoms with Crippen molar-refractivity contribution >= 4 is 27.2 Å². The summed E-state index contributed by atoms with van der Waals surface area (Å²) in [5.74, 6) is 0.998. The van der Waals surface area contributed by atoms with Gasteiger partial charge in [-0.1, -0.05) is 30.3 Å². The number of nitrogens with zero attached hydrogens (tertiary/aromatic N) is 1. The summed E-state index contributed by atoms with van der Waals surface area (Å²) >= 11 is 0. The quantitative estimate of drug-likeness (QED) is 0.322. The molecule has 5 rings (SSSR count). The lowest BCUT2D eigenvalue weighted by molar-refractivity contribution is -0.108. The Bertz CT molecular complexity index is 1480. The molecule has 0 unspecified atom stereocenters. The van der Waals surface area contributed by atoms with E-state index in [1.807, 2.05) is 18.2 Å². The number of carbonyl (C=O) groups excluding carboxylic acids is 1. The van der Waals surface area contributed by atoms with Gasteiger partial charge in [0.2, 0.25) is 0 Å². The van der Waals surface area contributed by atoms with Gasteiger partial charge in [-0.15, -0.1) is 0 Å². The first-order chi connectivity index (χ1) is 16.8. The van der Waals surface area contributed by atoms with E-state index in [9.17, 15) is 13.2 Å². The number of hydrogen-bond donors (Lipinski definition) is 1. The number of benzene rings is 3. The molecule has 7 heteroatoms. The van der Waals surface area contributed by atoms with E-state index in [1.165, 1.54) is 23.8 Å². The van der Waals surface area contributed by atoms with Crippen LogP contribution in [0.25, 0.3) is 33.5 Å². The number of rotatable bonds is 6. The number of fused-ring (bicyclic) bond motifs is 1. The molecular formula is C28H27FN2O3S. The lowest BCUT2D eigenvalue weighted by Gasteiger charge is -2.27. The summed E-state index contributed by atoms with van der Waals surface area (Å²) in [7, 11) is -3.34. The molecule has 1 aromatic heterocycles. The SMILES string of the molecule is CS(=O)(=O)c1ccc2nc(-c3ccc(-c4ccc(C5CCC(CC=O)CC5)cc4)cc3F)[nH]c2c1.